The molecule has 2 aromatic carbocycles. The number of likely N-dealkylation sites (N-methyl/N-ethyl adjacent to an activating group) is 1. The first kappa shape index (κ1) is 41.5. The molecule has 3 saturated heterocycles. The summed E-state index contributed by atoms with van der Waals surface area (Å²) in [5.41, 5.74) is -1.42. The van der Waals surface area contributed by atoms with Crippen molar-refractivity contribution in [2.75, 3.05) is 21.2 Å². The molecule has 3 N–H and O–H groups in total. The van der Waals surface area contributed by atoms with Crippen molar-refractivity contribution in [2.24, 2.45) is 0 Å². The molecule has 0 spiro atoms. The molecule has 3 fully saturated rings. The molecule has 3 heterocycles. The number of phenols is 1. The maximum Gasteiger partial charge on any atom is 0.316 e. The van der Waals surface area contributed by atoms with Gasteiger partial charge in [-0.3, -0.25) is 19.2 Å². The second-order valence-corrected chi connectivity index (χ2v) is 16.1. The number of aliphatic hydroxyl groups excluding tert-OH is 1. The number of rotatable bonds is 9. The van der Waals surface area contributed by atoms with Crippen LogP contribution in [-0.2, 0) is 42.7 Å². The molecule has 15 heteroatoms. The molecular formula is C42H53NO14. The van der Waals surface area contributed by atoms with Crippen LogP contribution in [0.3, 0.4) is 0 Å². The van der Waals surface area contributed by atoms with Crippen molar-refractivity contribution >= 4 is 23.3 Å². The molecule has 0 amide bonds. The summed E-state index contributed by atoms with van der Waals surface area (Å²) in [7, 11) is 4.98. The first-order valence-electron chi connectivity index (χ1n) is 19.7. The van der Waals surface area contributed by atoms with Gasteiger partial charge in [0.25, 0.3) is 0 Å². The van der Waals surface area contributed by atoms with Gasteiger partial charge in [-0.05, 0) is 52.9 Å². The fraction of sp³-hybridized carbons (Fsp3) is 0.619. The molecule has 57 heavy (non-hydrogen) atoms. The van der Waals surface area contributed by atoms with Crippen LogP contribution in [0.25, 0.3) is 0 Å². The molecule has 13 unspecified atom stereocenters. The minimum Gasteiger partial charge on any atom is -0.507 e. The van der Waals surface area contributed by atoms with Gasteiger partial charge in [0.1, 0.15) is 30.0 Å². The lowest BCUT2D eigenvalue weighted by atomic mass is 9.67. The van der Waals surface area contributed by atoms with Gasteiger partial charge < -0.3 is 53.4 Å². The van der Waals surface area contributed by atoms with Crippen molar-refractivity contribution in [3.63, 3.8) is 0 Å². The van der Waals surface area contributed by atoms with Crippen molar-refractivity contribution in [3.05, 3.63) is 63.7 Å². The number of ketones is 3. The Labute approximate surface area is 331 Å². The zero-order valence-electron chi connectivity index (χ0n) is 33.3. The molecule has 0 bridgehead atoms. The number of phenolic OH excluding ortho intramolecular Hbond substituents is 1. The van der Waals surface area contributed by atoms with Gasteiger partial charge in [-0.15, -0.1) is 0 Å². The monoisotopic (exact) mass is 795 g/mol. The van der Waals surface area contributed by atoms with Crippen LogP contribution in [0.1, 0.15) is 121 Å². The minimum atomic E-state index is -1.71. The zero-order chi connectivity index (χ0) is 41.1. The second-order valence-electron chi connectivity index (χ2n) is 16.1. The lowest BCUT2D eigenvalue weighted by Gasteiger charge is -2.48. The normalized spacial score (nSPS) is 36.7. The van der Waals surface area contributed by atoms with Crippen LogP contribution >= 0.6 is 0 Å². The molecule has 2 aromatic rings. The van der Waals surface area contributed by atoms with Crippen molar-refractivity contribution in [3.8, 4) is 5.75 Å². The van der Waals surface area contributed by atoms with Gasteiger partial charge in [-0.25, -0.2) is 0 Å². The Morgan fingerprint density at radius 1 is 0.895 bits per heavy atom. The van der Waals surface area contributed by atoms with Crippen molar-refractivity contribution < 1.29 is 67.7 Å². The number of hydrogen-bond acceptors (Lipinski definition) is 15. The summed E-state index contributed by atoms with van der Waals surface area (Å²) in [6.07, 6.45) is -6.25. The number of carbonyl (C=O) groups is 4. The smallest absolute Gasteiger partial charge is 0.316 e. The van der Waals surface area contributed by atoms with Gasteiger partial charge in [0.15, 0.2) is 36.2 Å². The van der Waals surface area contributed by atoms with E-state index in [1.165, 1.54) is 25.3 Å². The van der Waals surface area contributed by atoms with E-state index in [2.05, 4.69) is 0 Å². The predicted molar refractivity (Wildman–Crippen MR) is 200 cm³/mol. The predicted octanol–water partition coefficient (Wildman–Crippen LogP) is 3.45. The minimum absolute atomic E-state index is 0.0132. The average Bonchev–Trinajstić information content (AvgIpc) is 3.17. The number of methoxy groups -OCH3 is 1. The van der Waals surface area contributed by atoms with Crippen LogP contribution in [0, 0.1) is 0 Å². The Kier molecular flexibility index (Phi) is 11.8. The van der Waals surface area contributed by atoms with Crippen molar-refractivity contribution in [1.29, 1.82) is 0 Å². The molecule has 0 saturated carbocycles. The Balaban J connectivity index is 1.12. The van der Waals surface area contributed by atoms with Crippen LogP contribution in [-0.4, -0.2) is 132 Å². The molecule has 0 radical (unpaired) electrons. The van der Waals surface area contributed by atoms with Crippen LogP contribution in [0.15, 0.2) is 30.3 Å². The highest BCUT2D eigenvalue weighted by Gasteiger charge is 2.53. The lowest BCUT2D eigenvalue weighted by molar-refractivity contribution is -0.324. The van der Waals surface area contributed by atoms with Gasteiger partial charge in [0.2, 0.25) is 0 Å². The first-order valence-corrected chi connectivity index (χ1v) is 19.7. The molecule has 7 rings (SSSR count). The Bertz CT molecular complexity index is 1890. The standard InChI is InChI=1S/C42H53NO14/c1-8-42(50)18-29(33-24(35(42)41(49)51-7)15-25-34(38(33)48)37(47)23-12-10-9-11-22(23)36(25)46)55-31-16-26(43(5)6)39(20(3)53-31)57-32-17-28(45)40(21(4)54-32)56-30-14-13-27(44)19(2)52-30/h9-12,15,19-21,26,28-32,35,39-40,45,48,50H,8,13-14,16-18H2,1-7H3. The molecule has 15 nitrogen and oxygen atoms in total. The molecular weight excluding hydrogens is 742 g/mol. The average molecular weight is 796 g/mol. The largest absolute Gasteiger partial charge is 0.507 e. The summed E-state index contributed by atoms with van der Waals surface area (Å²) in [6, 6.07) is 7.45. The first-order chi connectivity index (χ1) is 27.1. The number of aliphatic hydroxyl groups is 2. The van der Waals surface area contributed by atoms with E-state index in [4.69, 9.17) is 33.2 Å². The maximum absolute atomic E-state index is 13.9. The number of ether oxygens (including phenoxy) is 7. The molecule has 5 aliphatic rings. The third-order valence-electron chi connectivity index (χ3n) is 12.3. The van der Waals surface area contributed by atoms with Crippen LogP contribution in [0.2, 0.25) is 0 Å². The third-order valence-corrected chi connectivity index (χ3v) is 12.3. The molecule has 310 valence electrons. The van der Waals surface area contributed by atoms with Crippen LogP contribution in [0.5, 0.6) is 5.75 Å². The molecule has 13 atom stereocenters. The summed E-state index contributed by atoms with van der Waals surface area (Å²) < 4.78 is 42.7. The number of benzene rings is 2. The van der Waals surface area contributed by atoms with E-state index in [9.17, 15) is 34.5 Å². The summed E-state index contributed by atoms with van der Waals surface area (Å²) in [6.45, 7) is 7.02. The Hall–Kier alpha value is -3.64. The molecule has 2 aliphatic carbocycles. The second kappa shape index (κ2) is 16.2. The van der Waals surface area contributed by atoms with Gasteiger partial charge in [0, 0.05) is 60.4 Å². The zero-order valence-corrected chi connectivity index (χ0v) is 33.3. The van der Waals surface area contributed by atoms with E-state index in [-0.39, 0.29) is 70.9 Å². The van der Waals surface area contributed by atoms with Crippen molar-refractivity contribution in [1.82, 2.24) is 4.90 Å². The fourth-order valence-electron chi connectivity index (χ4n) is 9.19. The SMILES string of the molecule is CCC1(O)CC(OC2CC(N(C)C)C(OC3CC(O)C(OC4CCC(=O)C(C)O4)C(C)O3)C(C)O2)c2c(cc3c(c2O)C(=O)c2ccccc2C3=O)C1C(=O)OC. The van der Waals surface area contributed by atoms with Gasteiger partial charge >= 0.3 is 5.97 Å². The third kappa shape index (κ3) is 7.58. The summed E-state index contributed by atoms with van der Waals surface area (Å²) in [4.78, 5) is 54.9. The number of fused-ring (bicyclic) bond motifs is 3. The van der Waals surface area contributed by atoms with Crippen LogP contribution < -0.4 is 0 Å². The summed E-state index contributed by atoms with van der Waals surface area (Å²) >= 11 is 0. The molecule has 3 aliphatic heterocycles. The highest BCUT2D eigenvalue weighted by Crippen LogP contribution is 2.53. The van der Waals surface area contributed by atoms with Crippen LogP contribution in [0.4, 0.5) is 0 Å². The summed E-state index contributed by atoms with van der Waals surface area (Å²) in [5, 5.41) is 35.2. The highest BCUT2D eigenvalue weighted by molar-refractivity contribution is 6.29. The quantitative estimate of drug-likeness (QED) is 0.266. The van der Waals surface area contributed by atoms with E-state index in [0.29, 0.717) is 12.8 Å². The molecule has 0 aromatic heterocycles. The summed E-state index contributed by atoms with van der Waals surface area (Å²) in [5.74, 6) is -3.58. The number of Topliss-reactive ketones (excluding diaryl/α,β-unsaturated/α-hetero) is 1. The Morgan fingerprint density at radius 3 is 2.14 bits per heavy atom. The van der Waals surface area contributed by atoms with Gasteiger partial charge in [0.05, 0.1) is 42.7 Å². The lowest BCUT2D eigenvalue weighted by Crippen LogP contribution is -2.58. The van der Waals surface area contributed by atoms with E-state index >= 15 is 0 Å². The number of carbonyl (C=O) groups excluding carboxylic acids is 4. The van der Waals surface area contributed by atoms with E-state index in [1.54, 1.807) is 32.9 Å². The maximum atomic E-state index is 13.9. The van der Waals surface area contributed by atoms with E-state index in [1.807, 2.05) is 25.9 Å². The number of aromatic hydroxyl groups is 1. The number of nitrogens with zero attached hydrogens (tertiary/aromatic N) is 1. The topological polar surface area (TPSA) is 197 Å². The van der Waals surface area contributed by atoms with Gasteiger partial charge in [-0.2, -0.15) is 0 Å². The Morgan fingerprint density at radius 2 is 1.53 bits per heavy atom. The number of esters is 1. The van der Waals surface area contributed by atoms with Crippen molar-refractivity contribution in [2.45, 2.75) is 145 Å². The fourth-order valence-corrected chi connectivity index (χ4v) is 9.19. The van der Waals surface area contributed by atoms with E-state index < -0.39 is 96.4 Å². The van der Waals surface area contributed by atoms with E-state index in [0.717, 1.165) is 0 Å². The number of hydrogen-bond donors (Lipinski definition) is 3. The highest BCUT2D eigenvalue weighted by atomic mass is 16.7. The van der Waals surface area contributed by atoms with Gasteiger partial charge in [-0.1, -0.05) is 31.2 Å².